The Kier molecular flexibility index (Phi) is 5.56. The van der Waals surface area contributed by atoms with Crippen LogP contribution in [0.25, 0.3) is 21.8 Å². The number of amides is 1. The van der Waals surface area contributed by atoms with E-state index in [0.29, 0.717) is 30.5 Å². The molecule has 7 nitrogen and oxygen atoms in total. The minimum Gasteiger partial charge on any atom is -0.378 e. The number of rotatable bonds is 5. The van der Waals surface area contributed by atoms with Crippen molar-refractivity contribution in [3.8, 4) is 0 Å². The lowest BCUT2D eigenvalue weighted by Gasteiger charge is -2.28. The van der Waals surface area contributed by atoms with E-state index in [1.54, 1.807) is 6.20 Å². The summed E-state index contributed by atoms with van der Waals surface area (Å²) in [6.45, 7) is 3.57. The molecule has 4 aromatic rings. The summed E-state index contributed by atoms with van der Waals surface area (Å²) in [5.41, 5.74) is 2.49. The van der Waals surface area contributed by atoms with Crippen molar-refractivity contribution < 1.29 is 9.53 Å². The quantitative estimate of drug-likeness (QED) is 0.495. The number of carbonyl (C=O) groups excluding carboxylic acids is 1. The highest BCUT2D eigenvalue weighted by molar-refractivity contribution is 5.94. The van der Waals surface area contributed by atoms with E-state index in [0.717, 1.165) is 35.5 Å². The maximum absolute atomic E-state index is 12.9. The maximum atomic E-state index is 12.9. The number of fused-ring (bicyclic) bond motifs is 2. The molecule has 1 amide bonds. The highest BCUT2D eigenvalue weighted by Crippen LogP contribution is 2.19. The molecule has 1 saturated heterocycles. The molecule has 0 unspecified atom stereocenters. The molecule has 0 atom stereocenters. The molecule has 1 aliphatic rings. The van der Waals surface area contributed by atoms with Crippen molar-refractivity contribution in [2.45, 2.75) is 13.1 Å². The van der Waals surface area contributed by atoms with Gasteiger partial charge in [-0.2, -0.15) is 0 Å². The largest absolute Gasteiger partial charge is 0.378 e. The fourth-order valence-corrected chi connectivity index (χ4v) is 4.18. The zero-order valence-corrected chi connectivity index (χ0v) is 17.7. The second-order valence-corrected chi connectivity index (χ2v) is 7.85. The molecule has 1 fully saturated rings. The number of pyridine rings is 2. The lowest BCUT2D eigenvalue weighted by molar-refractivity contribution is -0.121. The molecule has 2 aromatic heterocycles. The Morgan fingerprint density at radius 2 is 1.62 bits per heavy atom. The summed E-state index contributed by atoms with van der Waals surface area (Å²) in [5, 5.41) is 4.24. The molecule has 0 radical (unpaired) electrons. The summed E-state index contributed by atoms with van der Waals surface area (Å²) in [6.07, 6.45) is 1.77. The van der Waals surface area contributed by atoms with E-state index >= 15 is 0 Å². The van der Waals surface area contributed by atoms with E-state index in [9.17, 15) is 9.59 Å². The summed E-state index contributed by atoms with van der Waals surface area (Å²) in [7, 11) is 0. The first kappa shape index (κ1) is 20.2. The van der Waals surface area contributed by atoms with Crippen molar-refractivity contribution in [1.29, 1.82) is 0 Å². The molecule has 1 aliphatic heterocycles. The van der Waals surface area contributed by atoms with Crippen molar-refractivity contribution in [2.24, 2.45) is 0 Å². The fourth-order valence-electron chi connectivity index (χ4n) is 4.18. The molecule has 1 N–H and O–H groups in total. The van der Waals surface area contributed by atoms with Crippen LogP contribution in [0.4, 0.5) is 5.82 Å². The minimum absolute atomic E-state index is 0.0136. The summed E-state index contributed by atoms with van der Waals surface area (Å²) in [4.78, 5) is 32.4. The molecule has 3 heterocycles. The Balaban J connectivity index is 1.37. The zero-order chi connectivity index (χ0) is 21.9. The van der Waals surface area contributed by atoms with E-state index < -0.39 is 0 Å². The van der Waals surface area contributed by atoms with Gasteiger partial charge in [-0.05, 0) is 42.0 Å². The molecule has 32 heavy (non-hydrogen) atoms. The van der Waals surface area contributed by atoms with Crippen molar-refractivity contribution in [1.82, 2.24) is 14.9 Å². The van der Waals surface area contributed by atoms with Gasteiger partial charge in [0.25, 0.3) is 0 Å². The van der Waals surface area contributed by atoms with Gasteiger partial charge in [-0.1, -0.05) is 24.3 Å². The van der Waals surface area contributed by atoms with Gasteiger partial charge in [0, 0.05) is 36.6 Å². The van der Waals surface area contributed by atoms with E-state index in [1.165, 1.54) is 0 Å². The number of ether oxygens (including phenoxy) is 1. The van der Waals surface area contributed by atoms with Gasteiger partial charge in [0.2, 0.25) is 5.91 Å². The van der Waals surface area contributed by atoms with E-state index in [1.807, 2.05) is 65.2 Å². The third-order valence-electron chi connectivity index (χ3n) is 5.82. The molecule has 0 aliphatic carbocycles. The normalized spacial score (nSPS) is 14.1. The highest BCUT2D eigenvalue weighted by atomic mass is 16.5. The molecule has 0 bridgehead atoms. The first-order valence-electron chi connectivity index (χ1n) is 10.8. The van der Waals surface area contributed by atoms with Crippen molar-refractivity contribution in [3.63, 3.8) is 0 Å². The van der Waals surface area contributed by atoms with E-state index in [2.05, 4.69) is 15.2 Å². The Hall–Kier alpha value is -3.71. The van der Waals surface area contributed by atoms with Crippen LogP contribution in [0.1, 0.15) is 5.56 Å². The summed E-state index contributed by atoms with van der Waals surface area (Å²) in [6, 6.07) is 18.8. The average molecular weight is 428 g/mol. The predicted molar refractivity (Wildman–Crippen MR) is 125 cm³/mol. The number of para-hydroxylation sites is 2. The van der Waals surface area contributed by atoms with Crippen LogP contribution in [0, 0.1) is 0 Å². The first-order chi connectivity index (χ1) is 15.7. The molecule has 5 rings (SSSR count). The second kappa shape index (κ2) is 8.80. The van der Waals surface area contributed by atoms with Crippen molar-refractivity contribution in [3.05, 3.63) is 82.6 Å². The average Bonchev–Trinajstić information content (AvgIpc) is 2.86. The standard InChI is InChI=1S/C25H24N4O3/c30-24(27-16-18-9-10-26-23(15-18)28-11-13-32-14-12-28)17-29-21-7-3-1-5-19(21)25(31)20-6-2-4-8-22(20)29/h1-10,15H,11-14,16-17H2,(H,27,30). The van der Waals surface area contributed by atoms with E-state index in [4.69, 9.17) is 4.74 Å². The lowest BCUT2D eigenvalue weighted by atomic mass is 10.1. The number of hydrogen-bond acceptors (Lipinski definition) is 5. The van der Waals surface area contributed by atoms with Crippen molar-refractivity contribution >= 4 is 33.5 Å². The number of aromatic nitrogens is 2. The Morgan fingerprint density at radius 3 is 2.31 bits per heavy atom. The highest BCUT2D eigenvalue weighted by Gasteiger charge is 2.14. The van der Waals surface area contributed by atoms with Gasteiger partial charge < -0.3 is 19.5 Å². The molecular weight excluding hydrogens is 404 g/mol. The monoisotopic (exact) mass is 428 g/mol. The number of nitrogens with one attached hydrogen (secondary N) is 1. The first-order valence-corrected chi connectivity index (χ1v) is 10.8. The smallest absolute Gasteiger partial charge is 0.240 e. The molecule has 0 spiro atoms. The van der Waals surface area contributed by atoms with Crippen LogP contribution < -0.4 is 15.6 Å². The van der Waals surface area contributed by atoms with Crippen LogP contribution >= 0.6 is 0 Å². The molecule has 0 saturated carbocycles. The lowest BCUT2D eigenvalue weighted by Crippen LogP contribution is -2.36. The fraction of sp³-hybridized carbons (Fsp3) is 0.240. The SMILES string of the molecule is O=C(Cn1c2ccccc2c(=O)c2ccccc21)NCc1ccnc(N2CCOCC2)c1. The van der Waals surface area contributed by atoms with Crippen molar-refractivity contribution in [2.75, 3.05) is 31.2 Å². The Bertz CT molecular complexity index is 1280. The number of hydrogen-bond donors (Lipinski definition) is 1. The molecule has 162 valence electrons. The van der Waals surface area contributed by atoms with Gasteiger partial charge >= 0.3 is 0 Å². The number of anilines is 1. The Morgan fingerprint density at radius 1 is 0.969 bits per heavy atom. The van der Waals surface area contributed by atoms with Crippen LogP contribution in [0.3, 0.4) is 0 Å². The molecular formula is C25H24N4O3. The number of nitrogens with zero attached hydrogens (tertiary/aromatic N) is 3. The van der Waals surface area contributed by atoms with Crippen LogP contribution in [0.15, 0.2) is 71.7 Å². The Labute approximate surface area is 185 Å². The summed E-state index contributed by atoms with van der Waals surface area (Å²) < 4.78 is 7.32. The van der Waals surface area contributed by atoms with Crippen LogP contribution in [0.5, 0.6) is 0 Å². The van der Waals surface area contributed by atoms with Crippen LogP contribution in [0.2, 0.25) is 0 Å². The van der Waals surface area contributed by atoms with Crippen LogP contribution in [-0.4, -0.2) is 41.8 Å². The van der Waals surface area contributed by atoms with Gasteiger partial charge in [-0.25, -0.2) is 4.98 Å². The number of carbonyl (C=O) groups is 1. The maximum Gasteiger partial charge on any atom is 0.240 e. The summed E-state index contributed by atoms with van der Waals surface area (Å²) in [5.74, 6) is 0.783. The second-order valence-electron chi connectivity index (χ2n) is 7.85. The van der Waals surface area contributed by atoms with Gasteiger partial charge in [-0.15, -0.1) is 0 Å². The zero-order valence-electron chi connectivity index (χ0n) is 17.7. The van der Waals surface area contributed by atoms with E-state index in [-0.39, 0.29) is 17.9 Å². The third kappa shape index (κ3) is 3.94. The minimum atomic E-state index is -0.117. The van der Waals surface area contributed by atoms with Gasteiger partial charge in [0.1, 0.15) is 12.4 Å². The topological polar surface area (TPSA) is 76.5 Å². The van der Waals surface area contributed by atoms with Crippen LogP contribution in [-0.2, 0) is 22.6 Å². The number of morpholine rings is 1. The molecule has 2 aromatic carbocycles. The van der Waals surface area contributed by atoms with Gasteiger partial charge in [0.05, 0.1) is 24.2 Å². The summed E-state index contributed by atoms with van der Waals surface area (Å²) >= 11 is 0. The van der Waals surface area contributed by atoms with Gasteiger partial charge in [-0.3, -0.25) is 9.59 Å². The van der Waals surface area contributed by atoms with Gasteiger partial charge in [0.15, 0.2) is 5.43 Å². The predicted octanol–water partition coefficient (Wildman–Crippen LogP) is 2.70. The third-order valence-corrected chi connectivity index (χ3v) is 5.82. The number of benzene rings is 2. The molecule has 7 heteroatoms.